The van der Waals surface area contributed by atoms with Crippen molar-refractivity contribution >= 4 is 0 Å². The monoisotopic (exact) mass is 249 g/mol. The van der Waals surface area contributed by atoms with E-state index in [0.717, 1.165) is 6.42 Å². The number of aliphatic hydroxyl groups excluding tert-OH is 1. The van der Waals surface area contributed by atoms with Crippen molar-refractivity contribution in [3.63, 3.8) is 0 Å². The summed E-state index contributed by atoms with van der Waals surface area (Å²) >= 11 is 0. The number of unbranched alkanes of at least 4 members (excludes halogenated alkanes) is 2. The zero-order chi connectivity index (χ0) is 10.7. The minimum Gasteiger partial charge on any atom is -0.389 e. The van der Waals surface area contributed by atoms with Crippen LogP contribution in [0, 0.1) is 12.8 Å². The van der Waals surface area contributed by atoms with Gasteiger partial charge in [0, 0.05) is 19.5 Å². The molecular formula is C12H25OZn-. The summed E-state index contributed by atoms with van der Waals surface area (Å²) in [6.45, 7) is 11.2. The normalized spacial score (nSPS) is 11.9. The summed E-state index contributed by atoms with van der Waals surface area (Å²) in [6, 6.07) is 0. The molecule has 0 bridgehead atoms. The molecular weight excluding hydrogens is 226 g/mol. The SMILES string of the molecule is CCCC/C=C/[C@H](O)C(C)C.[CH2-]C.[Zn]. The van der Waals surface area contributed by atoms with Gasteiger partial charge in [-0.3, -0.25) is 0 Å². The van der Waals surface area contributed by atoms with E-state index in [2.05, 4.69) is 19.9 Å². The molecule has 0 unspecified atom stereocenters. The fraction of sp³-hybridized carbons (Fsp3) is 0.750. The van der Waals surface area contributed by atoms with Crippen LogP contribution >= 0.6 is 0 Å². The number of allylic oxidation sites excluding steroid dienone is 1. The minimum atomic E-state index is -0.258. The Hall–Kier alpha value is 0.323. The standard InChI is InChI=1S/C10H20O.C2H5.Zn/c1-4-5-6-7-8-10(11)9(2)3;1-2;/h7-11H,4-6H2,1-3H3;1H2,2H3;/q;-1;/b8-7+;;/t10-;;/m0../s1. The Morgan fingerprint density at radius 1 is 1.29 bits per heavy atom. The average Bonchev–Trinajstić information content (AvgIpc) is 2.15. The zero-order valence-electron chi connectivity index (χ0n) is 10.3. The maximum absolute atomic E-state index is 9.34. The van der Waals surface area contributed by atoms with E-state index in [1.54, 1.807) is 6.92 Å². The Kier molecular flexibility index (Phi) is 22.4. The second-order valence-electron chi connectivity index (χ2n) is 3.30. The zero-order valence-corrected chi connectivity index (χ0v) is 13.3. The molecule has 0 saturated carbocycles. The van der Waals surface area contributed by atoms with Gasteiger partial charge in [0.1, 0.15) is 0 Å². The minimum absolute atomic E-state index is 0. The molecule has 1 nitrogen and oxygen atoms in total. The van der Waals surface area contributed by atoms with Crippen LogP contribution in [0.15, 0.2) is 12.2 Å². The first-order chi connectivity index (χ1) is 6.18. The first-order valence-electron chi connectivity index (χ1n) is 5.24. The number of hydrogen-bond donors (Lipinski definition) is 1. The molecule has 0 amide bonds. The topological polar surface area (TPSA) is 20.2 Å². The molecule has 82 valence electrons. The predicted octanol–water partition coefficient (Wildman–Crippen LogP) is 3.59. The summed E-state index contributed by atoms with van der Waals surface area (Å²) in [6.07, 6.45) is 7.27. The van der Waals surface area contributed by atoms with E-state index >= 15 is 0 Å². The molecule has 0 spiro atoms. The van der Waals surface area contributed by atoms with E-state index in [1.165, 1.54) is 12.8 Å². The Morgan fingerprint density at radius 3 is 2.14 bits per heavy atom. The number of rotatable bonds is 5. The van der Waals surface area contributed by atoms with Crippen molar-refractivity contribution in [3.8, 4) is 0 Å². The van der Waals surface area contributed by atoms with Crippen LogP contribution in [0.25, 0.3) is 0 Å². The molecule has 0 saturated heterocycles. The molecule has 0 radical (unpaired) electrons. The van der Waals surface area contributed by atoms with Crippen molar-refractivity contribution in [2.45, 2.75) is 53.1 Å². The van der Waals surface area contributed by atoms with Gasteiger partial charge in [-0.15, -0.1) is 0 Å². The number of hydrogen-bond acceptors (Lipinski definition) is 1. The van der Waals surface area contributed by atoms with E-state index in [1.807, 2.05) is 19.9 Å². The second-order valence-corrected chi connectivity index (χ2v) is 3.30. The molecule has 0 aliphatic carbocycles. The molecule has 2 heteroatoms. The van der Waals surface area contributed by atoms with E-state index in [-0.39, 0.29) is 25.6 Å². The van der Waals surface area contributed by atoms with Crippen LogP contribution in [-0.2, 0) is 19.5 Å². The molecule has 0 aromatic heterocycles. The van der Waals surface area contributed by atoms with E-state index in [9.17, 15) is 5.11 Å². The van der Waals surface area contributed by atoms with Crippen LogP contribution in [0.3, 0.4) is 0 Å². The van der Waals surface area contributed by atoms with Gasteiger partial charge in [-0.05, 0) is 12.3 Å². The van der Waals surface area contributed by atoms with Gasteiger partial charge in [0.2, 0.25) is 0 Å². The van der Waals surface area contributed by atoms with Gasteiger partial charge in [0.05, 0.1) is 6.10 Å². The molecule has 14 heavy (non-hydrogen) atoms. The van der Waals surface area contributed by atoms with Crippen LogP contribution in [0.1, 0.15) is 47.0 Å². The van der Waals surface area contributed by atoms with Gasteiger partial charge in [-0.2, -0.15) is 6.92 Å². The van der Waals surface area contributed by atoms with E-state index in [0.29, 0.717) is 5.92 Å². The smallest absolute Gasteiger partial charge is 0.0743 e. The molecule has 0 fully saturated rings. The van der Waals surface area contributed by atoms with Gasteiger partial charge in [-0.25, -0.2) is 0 Å². The molecule has 1 atom stereocenters. The van der Waals surface area contributed by atoms with Gasteiger partial charge < -0.3 is 12.0 Å². The Morgan fingerprint density at radius 2 is 1.79 bits per heavy atom. The fourth-order valence-corrected chi connectivity index (χ4v) is 0.780. The largest absolute Gasteiger partial charge is 0.389 e. The quantitative estimate of drug-likeness (QED) is 0.342. The maximum atomic E-state index is 9.34. The summed E-state index contributed by atoms with van der Waals surface area (Å²) in [5.41, 5.74) is 0. The Bertz CT molecular complexity index is 111. The summed E-state index contributed by atoms with van der Waals surface area (Å²) in [5.74, 6) is 0.341. The summed E-state index contributed by atoms with van der Waals surface area (Å²) in [5, 5.41) is 9.34. The third-order valence-corrected chi connectivity index (χ3v) is 1.74. The van der Waals surface area contributed by atoms with Crippen LogP contribution in [0.2, 0.25) is 0 Å². The predicted molar refractivity (Wildman–Crippen MR) is 60.5 cm³/mol. The molecule has 1 N–H and O–H groups in total. The van der Waals surface area contributed by atoms with Crippen molar-refractivity contribution in [2.24, 2.45) is 5.92 Å². The van der Waals surface area contributed by atoms with Crippen LogP contribution in [-0.4, -0.2) is 11.2 Å². The maximum Gasteiger partial charge on any atom is 0.0743 e. The van der Waals surface area contributed by atoms with Crippen molar-refractivity contribution < 1.29 is 24.6 Å². The summed E-state index contributed by atoms with van der Waals surface area (Å²) in [7, 11) is 0. The molecule has 0 heterocycles. The van der Waals surface area contributed by atoms with Gasteiger partial charge >= 0.3 is 0 Å². The number of aliphatic hydroxyl groups is 1. The fourth-order valence-electron chi connectivity index (χ4n) is 0.780. The Labute approximate surface area is 103 Å². The first kappa shape index (κ1) is 19.8. The first-order valence-corrected chi connectivity index (χ1v) is 5.24. The second kappa shape index (κ2) is 15.8. The molecule has 0 aliphatic heterocycles. The molecule has 0 aromatic rings. The van der Waals surface area contributed by atoms with Crippen LogP contribution in [0.5, 0.6) is 0 Å². The summed E-state index contributed by atoms with van der Waals surface area (Å²) in [4.78, 5) is 0. The van der Waals surface area contributed by atoms with Gasteiger partial charge in [0.15, 0.2) is 0 Å². The van der Waals surface area contributed by atoms with Crippen molar-refractivity contribution in [3.05, 3.63) is 19.1 Å². The van der Waals surface area contributed by atoms with Crippen molar-refractivity contribution in [2.75, 3.05) is 0 Å². The third kappa shape index (κ3) is 14.8. The van der Waals surface area contributed by atoms with Gasteiger partial charge in [0.25, 0.3) is 0 Å². The van der Waals surface area contributed by atoms with Gasteiger partial charge in [-0.1, -0.05) is 45.8 Å². The van der Waals surface area contributed by atoms with Crippen molar-refractivity contribution in [1.82, 2.24) is 0 Å². The molecule has 0 rings (SSSR count). The molecule has 0 aliphatic rings. The van der Waals surface area contributed by atoms with Crippen molar-refractivity contribution in [1.29, 1.82) is 0 Å². The van der Waals surface area contributed by atoms with E-state index < -0.39 is 0 Å². The third-order valence-electron chi connectivity index (χ3n) is 1.74. The Balaban J connectivity index is -0.000000376. The van der Waals surface area contributed by atoms with E-state index in [4.69, 9.17) is 0 Å². The average molecular weight is 251 g/mol. The van der Waals surface area contributed by atoms with Crippen LogP contribution in [0.4, 0.5) is 0 Å². The summed E-state index contributed by atoms with van der Waals surface area (Å²) < 4.78 is 0. The molecule has 0 aromatic carbocycles. The van der Waals surface area contributed by atoms with Crippen LogP contribution < -0.4 is 0 Å².